The zero-order valence-electron chi connectivity index (χ0n) is 13.0. The van der Waals surface area contributed by atoms with Gasteiger partial charge in [-0.05, 0) is 38.5 Å². The molecule has 1 aromatic carbocycles. The van der Waals surface area contributed by atoms with Crippen LogP contribution in [0.25, 0.3) is 0 Å². The molecule has 0 aromatic heterocycles. The van der Waals surface area contributed by atoms with Gasteiger partial charge in [0.25, 0.3) is 5.91 Å². The number of anilines is 1. The van der Waals surface area contributed by atoms with Crippen molar-refractivity contribution in [3.63, 3.8) is 0 Å². The van der Waals surface area contributed by atoms with E-state index in [2.05, 4.69) is 5.32 Å². The van der Waals surface area contributed by atoms with E-state index in [1.54, 1.807) is 25.1 Å². The molecule has 0 fully saturated rings. The number of rotatable bonds is 7. The lowest BCUT2D eigenvalue weighted by Gasteiger charge is -2.27. The van der Waals surface area contributed by atoms with Crippen LogP contribution in [-0.2, 0) is 9.53 Å². The zero-order chi connectivity index (χ0) is 15.9. The van der Waals surface area contributed by atoms with E-state index in [1.807, 2.05) is 19.9 Å². The van der Waals surface area contributed by atoms with Gasteiger partial charge in [0.1, 0.15) is 17.4 Å². The predicted molar refractivity (Wildman–Crippen MR) is 81.3 cm³/mol. The lowest BCUT2D eigenvalue weighted by Crippen LogP contribution is -2.42. The second-order valence-electron chi connectivity index (χ2n) is 4.89. The SMILES string of the molecule is CCC[C@](C)(OCC)C(=O)Nc1ccc(OC)c(C#N)c1. The third-order valence-corrected chi connectivity index (χ3v) is 3.25. The van der Waals surface area contributed by atoms with Gasteiger partial charge in [0, 0.05) is 12.3 Å². The third-order valence-electron chi connectivity index (χ3n) is 3.25. The van der Waals surface area contributed by atoms with Gasteiger partial charge in [-0.15, -0.1) is 0 Å². The van der Waals surface area contributed by atoms with Gasteiger partial charge in [-0.3, -0.25) is 4.79 Å². The van der Waals surface area contributed by atoms with Crippen LogP contribution in [-0.4, -0.2) is 25.2 Å². The number of nitriles is 1. The Hall–Kier alpha value is -2.06. The lowest BCUT2D eigenvalue weighted by molar-refractivity contribution is -0.139. The number of hydrogen-bond donors (Lipinski definition) is 1. The second kappa shape index (κ2) is 7.65. The number of nitrogens with zero attached hydrogens (tertiary/aromatic N) is 1. The normalized spacial score (nSPS) is 13.1. The van der Waals surface area contributed by atoms with E-state index in [0.29, 0.717) is 30.0 Å². The number of carbonyl (C=O) groups excluding carboxylic acids is 1. The van der Waals surface area contributed by atoms with Gasteiger partial charge in [0.05, 0.1) is 12.7 Å². The Labute approximate surface area is 125 Å². The van der Waals surface area contributed by atoms with Crippen molar-refractivity contribution in [1.82, 2.24) is 0 Å². The molecular weight excluding hydrogens is 268 g/mol. The highest BCUT2D eigenvalue weighted by atomic mass is 16.5. The molecule has 0 saturated carbocycles. The maximum atomic E-state index is 12.4. The highest BCUT2D eigenvalue weighted by molar-refractivity contribution is 5.97. The van der Waals surface area contributed by atoms with Crippen LogP contribution in [0, 0.1) is 11.3 Å². The Morgan fingerprint density at radius 3 is 2.67 bits per heavy atom. The summed E-state index contributed by atoms with van der Waals surface area (Å²) >= 11 is 0. The number of carbonyl (C=O) groups is 1. The Morgan fingerprint density at radius 1 is 1.43 bits per heavy atom. The first-order chi connectivity index (χ1) is 10.0. The second-order valence-corrected chi connectivity index (χ2v) is 4.89. The Balaban J connectivity index is 2.94. The topological polar surface area (TPSA) is 71.3 Å². The number of ether oxygens (including phenoxy) is 2. The monoisotopic (exact) mass is 290 g/mol. The molecule has 0 aliphatic carbocycles. The molecule has 1 N–H and O–H groups in total. The number of amides is 1. The molecule has 0 aliphatic rings. The van der Waals surface area contributed by atoms with E-state index in [1.165, 1.54) is 7.11 Å². The fourth-order valence-electron chi connectivity index (χ4n) is 2.18. The zero-order valence-corrected chi connectivity index (χ0v) is 13.0. The molecule has 1 aromatic rings. The summed E-state index contributed by atoms with van der Waals surface area (Å²) in [6, 6.07) is 7.00. The highest BCUT2D eigenvalue weighted by Crippen LogP contribution is 2.24. The molecule has 0 radical (unpaired) electrons. The summed E-state index contributed by atoms with van der Waals surface area (Å²) in [6.45, 7) is 6.12. The minimum absolute atomic E-state index is 0.208. The van der Waals surface area contributed by atoms with E-state index < -0.39 is 5.60 Å². The Kier molecular flexibility index (Phi) is 6.19. The summed E-state index contributed by atoms with van der Waals surface area (Å²) in [5, 5.41) is 11.9. The fraction of sp³-hybridized carbons (Fsp3) is 0.500. The smallest absolute Gasteiger partial charge is 0.256 e. The van der Waals surface area contributed by atoms with Gasteiger partial charge >= 0.3 is 0 Å². The summed E-state index contributed by atoms with van der Waals surface area (Å²) < 4.78 is 10.7. The van der Waals surface area contributed by atoms with E-state index >= 15 is 0 Å². The van der Waals surface area contributed by atoms with Crippen LogP contribution in [0.2, 0.25) is 0 Å². The molecule has 5 nitrogen and oxygen atoms in total. The molecule has 5 heteroatoms. The van der Waals surface area contributed by atoms with Crippen molar-refractivity contribution in [3.05, 3.63) is 23.8 Å². The fourth-order valence-corrected chi connectivity index (χ4v) is 2.18. The van der Waals surface area contributed by atoms with Crippen LogP contribution in [0.3, 0.4) is 0 Å². The number of nitrogens with one attached hydrogen (secondary N) is 1. The lowest BCUT2D eigenvalue weighted by atomic mass is 9.99. The first-order valence-electron chi connectivity index (χ1n) is 7.04. The van der Waals surface area contributed by atoms with Crippen LogP contribution in [0.4, 0.5) is 5.69 Å². The van der Waals surface area contributed by atoms with E-state index in [4.69, 9.17) is 14.7 Å². The molecule has 0 bridgehead atoms. The van der Waals surface area contributed by atoms with Crippen LogP contribution in [0.5, 0.6) is 5.75 Å². The van der Waals surface area contributed by atoms with E-state index in [0.717, 1.165) is 6.42 Å². The van der Waals surface area contributed by atoms with Crippen LogP contribution in [0.15, 0.2) is 18.2 Å². The molecule has 1 rings (SSSR count). The molecule has 0 aliphatic heterocycles. The summed E-state index contributed by atoms with van der Waals surface area (Å²) in [4.78, 5) is 12.4. The van der Waals surface area contributed by atoms with Crippen molar-refractivity contribution in [3.8, 4) is 11.8 Å². The average Bonchev–Trinajstić information content (AvgIpc) is 2.47. The van der Waals surface area contributed by atoms with Crippen molar-refractivity contribution in [2.75, 3.05) is 19.0 Å². The quantitative estimate of drug-likeness (QED) is 0.837. The molecule has 1 atom stereocenters. The summed E-state index contributed by atoms with van der Waals surface area (Å²) in [5.41, 5.74) is 0.0688. The van der Waals surface area contributed by atoms with Gasteiger partial charge in [-0.2, -0.15) is 5.26 Å². The third kappa shape index (κ3) is 4.20. The van der Waals surface area contributed by atoms with Gasteiger partial charge in [0.2, 0.25) is 0 Å². The molecule has 114 valence electrons. The standard InChI is InChI=1S/C16H22N2O3/c1-5-9-16(3,21-6-2)15(19)18-13-7-8-14(20-4)12(10-13)11-17/h7-8,10H,5-6,9H2,1-4H3,(H,18,19)/t16-/m0/s1. The van der Waals surface area contributed by atoms with Crippen LogP contribution >= 0.6 is 0 Å². The van der Waals surface area contributed by atoms with Gasteiger partial charge in [-0.1, -0.05) is 13.3 Å². The van der Waals surface area contributed by atoms with Crippen molar-refractivity contribution < 1.29 is 14.3 Å². The Bertz CT molecular complexity index is 529. The predicted octanol–water partition coefficient (Wildman–Crippen LogP) is 3.10. The van der Waals surface area contributed by atoms with E-state index in [9.17, 15) is 4.79 Å². The molecule has 21 heavy (non-hydrogen) atoms. The van der Waals surface area contributed by atoms with Gasteiger partial charge < -0.3 is 14.8 Å². The van der Waals surface area contributed by atoms with Crippen molar-refractivity contribution >= 4 is 11.6 Å². The summed E-state index contributed by atoms with van der Waals surface area (Å²) in [7, 11) is 1.50. The molecule has 0 spiro atoms. The number of benzene rings is 1. The van der Waals surface area contributed by atoms with E-state index in [-0.39, 0.29) is 5.91 Å². The summed E-state index contributed by atoms with van der Waals surface area (Å²) in [6.07, 6.45) is 1.48. The number of methoxy groups -OCH3 is 1. The first-order valence-corrected chi connectivity index (χ1v) is 7.04. The largest absolute Gasteiger partial charge is 0.495 e. The Morgan fingerprint density at radius 2 is 2.14 bits per heavy atom. The molecular formula is C16H22N2O3. The highest BCUT2D eigenvalue weighted by Gasteiger charge is 2.33. The first kappa shape index (κ1) is 17.0. The molecule has 0 saturated heterocycles. The minimum atomic E-state index is -0.865. The molecule has 0 unspecified atom stereocenters. The van der Waals surface area contributed by atoms with Crippen molar-refractivity contribution in [1.29, 1.82) is 5.26 Å². The maximum Gasteiger partial charge on any atom is 0.256 e. The van der Waals surface area contributed by atoms with Gasteiger partial charge in [-0.25, -0.2) is 0 Å². The van der Waals surface area contributed by atoms with Crippen LogP contribution < -0.4 is 10.1 Å². The maximum absolute atomic E-state index is 12.4. The summed E-state index contributed by atoms with van der Waals surface area (Å²) in [5.74, 6) is 0.275. The van der Waals surface area contributed by atoms with Crippen molar-refractivity contribution in [2.24, 2.45) is 0 Å². The van der Waals surface area contributed by atoms with Crippen molar-refractivity contribution in [2.45, 2.75) is 39.2 Å². The minimum Gasteiger partial charge on any atom is -0.495 e. The van der Waals surface area contributed by atoms with Crippen LogP contribution in [0.1, 0.15) is 39.2 Å². The van der Waals surface area contributed by atoms with Gasteiger partial charge in [0.15, 0.2) is 0 Å². The average molecular weight is 290 g/mol. The number of hydrogen-bond acceptors (Lipinski definition) is 4. The molecule has 0 heterocycles. The molecule has 1 amide bonds.